The predicted octanol–water partition coefficient (Wildman–Crippen LogP) is 3.32. The van der Waals surface area contributed by atoms with Crippen LogP contribution in [0.25, 0.3) is 0 Å². The van der Waals surface area contributed by atoms with E-state index in [0.717, 1.165) is 17.5 Å². The third-order valence-corrected chi connectivity index (χ3v) is 8.19. The summed E-state index contributed by atoms with van der Waals surface area (Å²) < 4.78 is 33.7. The smallest absolute Gasteiger partial charge is 0.248 e. The van der Waals surface area contributed by atoms with Crippen molar-refractivity contribution in [3.8, 4) is 5.75 Å². The lowest BCUT2D eigenvalue weighted by molar-refractivity contribution is -0.148. The number of aryl methyl sites for hydroxylation is 1. The Hall–Kier alpha value is -2.62. The van der Waals surface area contributed by atoms with Gasteiger partial charge < -0.3 is 14.5 Å². The van der Waals surface area contributed by atoms with Gasteiger partial charge in [-0.05, 0) is 48.7 Å². The van der Waals surface area contributed by atoms with Gasteiger partial charge in [0.1, 0.15) is 16.7 Å². The van der Waals surface area contributed by atoms with Gasteiger partial charge in [-0.1, -0.05) is 36.7 Å². The Morgan fingerprint density at radius 1 is 1.20 bits per heavy atom. The van der Waals surface area contributed by atoms with E-state index in [9.17, 15) is 18.0 Å². The van der Waals surface area contributed by atoms with Crippen LogP contribution in [0.4, 0.5) is 0 Å². The van der Waals surface area contributed by atoms with Crippen molar-refractivity contribution in [2.24, 2.45) is 0 Å². The van der Waals surface area contributed by atoms with Crippen molar-refractivity contribution >= 4 is 33.4 Å². The molecule has 0 aromatic heterocycles. The van der Waals surface area contributed by atoms with Gasteiger partial charge in [0, 0.05) is 38.0 Å². The van der Waals surface area contributed by atoms with Crippen molar-refractivity contribution in [1.82, 2.24) is 14.1 Å². The van der Waals surface area contributed by atoms with Crippen molar-refractivity contribution in [2.75, 3.05) is 33.9 Å². The third kappa shape index (κ3) is 6.15. The van der Waals surface area contributed by atoms with Gasteiger partial charge in [-0.25, -0.2) is 8.42 Å². The first-order chi connectivity index (χ1) is 16.6. The summed E-state index contributed by atoms with van der Waals surface area (Å²) in [5, 5.41) is 0.568. The van der Waals surface area contributed by atoms with Gasteiger partial charge in [-0.15, -0.1) is 0 Å². The summed E-state index contributed by atoms with van der Waals surface area (Å²) >= 11 is 6.01. The lowest BCUT2D eigenvalue weighted by atomic mass is 10.0. The van der Waals surface area contributed by atoms with Crippen molar-refractivity contribution in [2.45, 2.75) is 44.0 Å². The van der Waals surface area contributed by atoms with E-state index in [0.29, 0.717) is 11.6 Å². The molecule has 35 heavy (non-hydrogen) atoms. The minimum atomic E-state index is -3.98. The van der Waals surface area contributed by atoms with Gasteiger partial charge in [0.25, 0.3) is 0 Å². The highest BCUT2D eigenvalue weighted by molar-refractivity contribution is 7.89. The molecule has 1 aliphatic heterocycles. The Bertz CT molecular complexity index is 1170. The minimum absolute atomic E-state index is 0.0186. The lowest BCUT2D eigenvalue weighted by Gasteiger charge is -2.40. The average molecular weight is 522 g/mol. The number of ether oxygens (including phenoxy) is 1. The molecule has 1 unspecified atom stereocenters. The fourth-order valence-corrected chi connectivity index (χ4v) is 5.90. The number of benzene rings is 2. The molecule has 1 saturated heterocycles. The molecule has 0 N–H and O–H groups in total. The topological polar surface area (TPSA) is 87.2 Å². The SMILES string of the molecule is CCCN(C)C(=O)C(Cc1ccc(Cl)cc1)N1CN(S(=O)(=O)c2cc(C)ccc2OC)CCC1=O. The number of halogens is 1. The molecule has 0 spiro atoms. The number of carbonyl (C=O) groups is 2. The summed E-state index contributed by atoms with van der Waals surface area (Å²) in [6, 6.07) is 11.2. The second kappa shape index (κ2) is 11.4. The number of carbonyl (C=O) groups excluding carboxylic acids is 2. The summed E-state index contributed by atoms with van der Waals surface area (Å²) in [6.45, 7) is 4.10. The fourth-order valence-electron chi connectivity index (χ4n) is 4.15. The Labute approximate surface area is 212 Å². The van der Waals surface area contributed by atoms with Crippen molar-refractivity contribution < 1.29 is 22.7 Å². The molecule has 2 aromatic rings. The van der Waals surface area contributed by atoms with E-state index in [1.807, 2.05) is 19.1 Å². The zero-order valence-corrected chi connectivity index (χ0v) is 22.1. The Kier molecular flexibility index (Phi) is 8.79. The van der Waals surface area contributed by atoms with Crippen LogP contribution in [0.3, 0.4) is 0 Å². The molecule has 0 bridgehead atoms. The number of hydrogen-bond acceptors (Lipinski definition) is 5. The molecular formula is C25H32ClN3O5S. The van der Waals surface area contributed by atoms with Crippen molar-refractivity contribution in [3.05, 3.63) is 58.6 Å². The van der Waals surface area contributed by atoms with E-state index < -0.39 is 16.1 Å². The molecule has 3 rings (SSSR count). The van der Waals surface area contributed by atoms with E-state index in [1.54, 1.807) is 49.2 Å². The zero-order valence-electron chi connectivity index (χ0n) is 20.5. The summed E-state index contributed by atoms with van der Waals surface area (Å²) in [5.41, 5.74) is 1.59. The maximum absolute atomic E-state index is 13.6. The lowest BCUT2D eigenvalue weighted by Crippen LogP contribution is -2.58. The number of likely N-dealkylation sites (N-methyl/N-ethyl adjacent to an activating group) is 1. The normalized spacial score (nSPS) is 15.7. The highest BCUT2D eigenvalue weighted by Crippen LogP contribution is 2.30. The molecule has 0 saturated carbocycles. The van der Waals surface area contributed by atoms with Crippen LogP contribution in [0, 0.1) is 6.92 Å². The van der Waals surface area contributed by atoms with Gasteiger partial charge in [0.15, 0.2) is 0 Å². The summed E-state index contributed by atoms with van der Waals surface area (Å²) in [6.07, 6.45) is 0.990. The highest BCUT2D eigenvalue weighted by Gasteiger charge is 2.40. The van der Waals surface area contributed by atoms with Crippen LogP contribution >= 0.6 is 11.6 Å². The quantitative estimate of drug-likeness (QED) is 0.505. The van der Waals surface area contributed by atoms with Crippen LogP contribution in [0.5, 0.6) is 5.75 Å². The number of methoxy groups -OCH3 is 1. The second-order valence-corrected chi connectivity index (χ2v) is 11.0. The van der Waals surface area contributed by atoms with E-state index in [-0.39, 0.29) is 48.5 Å². The predicted molar refractivity (Wildman–Crippen MR) is 135 cm³/mol. The monoisotopic (exact) mass is 521 g/mol. The first-order valence-electron chi connectivity index (χ1n) is 11.5. The third-order valence-electron chi connectivity index (χ3n) is 6.08. The largest absolute Gasteiger partial charge is 0.495 e. The van der Waals surface area contributed by atoms with E-state index >= 15 is 0 Å². The maximum Gasteiger partial charge on any atom is 0.248 e. The van der Waals surface area contributed by atoms with Gasteiger partial charge in [-0.3, -0.25) is 9.59 Å². The molecule has 0 radical (unpaired) electrons. The van der Waals surface area contributed by atoms with Crippen LogP contribution in [0.15, 0.2) is 47.4 Å². The molecule has 1 atom stereocenters. The molecule has 8 nitrogen and oxygen atoms in total. The van der Waals surface area contributed by atoms with Crippen molar-refractivity contribution in [3.63, 3.8) is 0 Å². The first kappa shape index (κ1) is 27.0. The Morgan fingerprint density at radius 3 is 2.51 bits per heavy atom. The van der Waals surface area contributed by atoms with E-state index in [1.165, 1.54) is 16.3 Å². The number of nitrogens with zero attached hydrogens (tertiary/aromatic N) is 3. The summed E-state index contributed by atoms with van der Waals surface area (Å²) in [5.74, 6) is -0.261. The average Bonchev–Trinajstić information content (AvgIpc) is 2.83. The van der Waals surface area contributed by atoms with Gasteiger partial charge in [0.2, 0.25) is 21.8 Å². The summed E-state index contributed by atoms with van der Waals surface area (Å²) in [4.78, 5) is 29.5. The number of sulfonamides is 1. The second-order valence-electron chi connectivity index (χ2n) is 8.70. The number of rotatable bonds is 9. The Balaban J connectivity index is 1.96. The molecule has 0 aliphatic carbocycles. The highest BCUT2D eigenvalue weighted by atomic mass is 35.5. The van der Waals surface area contributed by atoms with Crippen LogP contribution in [-0.2, 0) is 26.0 Å². The van der Waals surface area contributed by atoms with Crippen LogP contribution in [0.1, 0.15) is 30.9 Å². The molecule has 2 aromatic carbocycles. The Morgan fingerprint density at radius 2 is 1.89 bits per heavy atom. The van der Waals surface area contributed by atoms with Gasteiger partial charge >= 0.3 is 0 Å². The molecule has 1 heterocycles. The summed E-state index contributed by atoms with van der Waals surface area (Å²) in [7, 11) is -0.867. The standard InChI is InChI=1S/C25H32ClN3O5S/c1-5-13-27(3)25(31)21(16-19-7-9-20(26)10-8-19)29-17-28(14-12-24(29)30)35(32,33)23-15-18(2)6-11-22(23)34-4/h6-11,15,21H,5,12-14,16-17H2,1-4H3. The zero-order chi connectivity index (χ0) is 25.8. The van der Waals surface area contributed by atoms with Crippen molar-refractivity contribution in [1.29, 1.82) is 0 Å². The minimum Gasteiger partial charge on any atom is -0.495 e. The van der Waals surface area contributed by atoms with Gasteiger partial charge in [-0.2, -0.15) is 4.31 Å². The maximum atomic E-state index is 13.6. The van der Waals surface area contributed by atoms with Crippen LogP contribution < -0.4 is 4.74 Å². The molecule has 10 heteroatoms. The molecular weight excluding hydrogens is 490 g/mol. The van der Waals surface area contributed by atoms with Gasteiger partial charge in [0.05, 0.1) is 13.8 Å². The number of hydrogen-bond donors (Lipinski definition) is 0. The van der Waals surface area contributed by atoms with E-state index in [4.69, 9.17) is 16.3 Å². The molecule has 1 fully saturated rings. The van der Waals surface area contributed by atoms with Crippen LogP contribution in [0.2, 0.25) is 5.02 Å². The molecule has 190 valence electrons. The molecule has 2 amide bonds. The number of amides is 2. The molecule has 1 aliphatic rings. The van der Waals surface area contributed by atoms with E-state index in [2.05, 4.69) is 0 Å². The fraction of sp³-hybridized carbons (Fsp3) is 0.440. The first-order valence-corrected chi connectivity index (χ1v) is 13.3. The van der Waals surface area contributed by atoms with Crippen LogP contribution in [-0.4, -0.2) is 74.3 Å².